The number of nitrogens with two attached hydrogens (primary N) is 1. The van der Waals surface area contributed by atoms with Crippen LogP contribution in [-0.2, 0) is 16.1 Å². The molecule has 7 heteroatoms. The van der Waals surface area contributed by atoms with E-state index < -0.39 is 6.10 Å². The lowest BCUT2D eigenvalue weighted by Gasteiger charge is -2.29. The van der Waals surface area contributed by atoms with Crippen LogP contribution in [0.1, 0.15) is 22.8 Å². The second kappa shape index (κ2) is 10.7. The van der Waals surface area contributed by atoms with E-state index in [1.165, 1.54) is 0 Å². The Morgan fingerprint density at radius 3 is 2.45 bits per heavy atom. The van der Waals surface area contributed by atoms with Crippen molar-refractivity contribution in [2.24, 2.45) is 5.73 Å². The average Bonchev–Trinajstić information content (AvgIpc) is 2.87. The predicted octanol–water partition coefficient (Wildman–Crippen LogP) is 3.24. The summed E-state index contributed by atoms with van der Waals surface area (Å²) in [5, 5.41) is 10.6. The molecule has 4 rings (SSSR count). The Bertz CT molecular complexity index is 1080. The van der Waals surface area contributed by atoms with E-state index >= 15 is 0 Å². The van der Waals surface area contributed by atoms with Gasteiger partial charge in [0.2, 0.25) is 6.10 Å². The van der Waals surface area contributed by atoms with Gasteiger partial charge in [0.25, 0.3) is 5.91 Å². The Balaban J connectivity index is 1.44. The highest BCUT2D eigenvalue weighted by atomic mass is 16.5. The van der Waals surface area contributed by atoms with Crippen LogP contribution in [0.3, 0.4) is 0 Å². The number of morpholine rings is 1. The molecule has 7 nitrogen and oxygen atoms in total. The van der Waals surface area contributed by atoms with Gasteiger partial charge in [-0.05, 0) is 29.8 Å². The van der Waals surface area contributed by atoms with Crippen molar-refractivity contribution in [2.45, 2.75) is 12.6 Å². The molecule has 0 bridgehead atoms. The van der Waals surface area contributed by atoms with Crippen molar-refractivity contribution in [3.05, 3.63) is 95.6 Å². The first-order valence-electron chi connectivity index (χ1n) is 11.0. The number of hydrogen-bond acceptors (Lipinski definition) is 5. The van der Waals surface area contributed by atoms with E-state index in [0.29, 0.717) is 17.9 Å². The van der Waals surface area contributed by atoms with Gasteiger partial charge in [0.15, 0.2) is 0 Å². The van der Waals surface area contributed by atoms with Gasteiger partial charge in [-0.2, -0.15) is 0 Å². The number of carbonyl (C=O) groups excluding carboxylic acids is 1. The highest BCUT2D eigenvalue weighted by Crippen LogP contribution is 2.24. The summed E-state index contributed by atoms with van der Waals surface area (Å²) in [7, 11) is 0. The summed E-state index contributed by atoms with van der Waals surface area (Å²) < 4.78 is 11.5. The van der Waals surface area contributed by atoms with Gasteiger partial charge in [0, 0.05) is 36.4 Å². The summed E-state index contributed by atoms with van der Waals surface area (Å²) in [6, 6.07) is 24.4. The summed E-state index contributed by atoms with van der Waals surface area (Å²) in [6.07, 6.45) is -0.832. The van der Waals surface area contributed by atoms with E-state index in [1.807, 2.05) is 42.5 Å². The van der Waals surface area contributed by atoms with Gasteiger partial charge in [-0.1, -0.05) is 54.6 Å². The molecule has 3 aromatic rings. The Labute approximate surface area is 193 Å². The van der Waals surface area contributed by atoms with E-state index in [-0.39, 0.29) is 11.7 Å². The molecule has 1 amide bonds. The van der Waals surface area contributed by atoms with Crippen LogP contribution >= 0.6 is 0 Å². The van der Waals surface area contributed by atoms with Gasteiger partial charge in [-0.25, -0.2) is 0 Å². The minimum absolute atomic E-state index is 0.0540. The SMILES string of the molecule is N=C(N)c1cccc(OC(C(=O)NCc2ccc(N3CCOCC3)cc2)c2ccccc2)c1. The van der Waals surface area contributed by atoms with E-state index in [0.717, 1.165) is 43.1 Å². The van der Waals surface area contributed by atoms with E-state index in [9.17, 15) is 4.79 Å². The molecule has 0 spiro atoms. The van der Waals surface area contributed by atoms with Crippen molar-refractivity contribution in [3.8, 4) is 5.75 Å². The molecule has 170 valence electrons. The molecule has 0 aliphatic carbocycles. The molecule has 1 aliphatic heterocycles. The molecule has 0 saturated carbocycles. The minimum Gasteiger partial charge on any atom is -0.476 e. The molecule has 4 N–H and O–H groups in total. The van der Waals surface area contributed by atoms with Crippen LogP contribution in [0, 0.1) is 5.41 Å². The lowest BCUT2D eigenvalue weighted by atomic mass is 10.1. The van der Waals surface area contributed by atoms with E-state index in [4.69, 9.17) is 20.6 Å². The third kappa shape index (κ3) is 5.90. The van der Waals surface area contributed by atoms with Gasteiger partial charge in [0.05, 0.1) is 13.2 Å². The largest absolute Gasteiger partial charge is 0.476 e. The third-order valence-corrected chi connectivity index (χ3v) is 5.52. The number of ether oxygens (including phenoxy) is 2. The minimum atomic E-state index is -0.832. The fourth-order valence-corrected chi connectivity index (χ4v) is 3.70. The Kier molecular flexibility index (Phi) is 7.22. The van der Waals surface area contributed by atoms with Crippen molar-refractivity contribution in [3.63, 3.8) is 0 Å². The summed E-state index contributed by atoms with van der Waals surface area (Å²) in [5.74, 6) is 0.176. The molecular formula is C26H28N4O3. The van der Waals surface area contributed by atoms with E-state index in [2.05, 4.69) is 22.3 Å². The normalized spacial score (nSPS) is 14.4. The molecule has 3 aromatic carbocycles. The molecule has 1 aliphatic rings. The zero-order valence-corrected chi connectivity index (χ0v) is 18.4. The summed E-state index contributed by atoms with van der Waals surface area (Å²) in [6.45, 7) is 3.65. The van der Waals surface area contributed by atoms with Gasteiger partial charge >= 0.3 is 0 Å². The smallest absolute Gasteiger partial charge is 0.266 e. The molecule has 1 atom stereocenters. The fourth-order valence-electron chi connectivity index (χ4n) is 3.70. The molecule has 0 aromatic heterocycles. The summed E-state index contributed by atoms with van der Waals surface area (Å²) in [5.41, 5.74) is 9.04. The third-order valence-electron chi connectivity index (χ3n) is 5.52. The number of carbonyl (C=O) groups is 1. The molecular weight excluding hydrogens is 416 g/mol. The van der Waals surface area contributed by atoms with Crippen LogP contribution in [-0.4, -0.2) is 38.0 Å². The number of rotatable bonds is 8. The summed E-state index contributed by atoms with van der Waals surface area (Å²) in [4.78, 5) is 15.4. The van der Waals surface area contributed by atoms with Crippen LogP contribution in [0.4, 0.5) is 5.69 Å². The second-order valence-electron chi connectivity index (χ2n) is 7.83. The molecule has 1 unspecified atom stereocenters. The van der Waals surface area contributed by atoms with Crippen LogP contribution < -0.4 is 20.7 Å². The Morgan fingerprint density at radius 2 is 1.76 bits per heavy atom. The van der Waals surface area contributed by atoms with Gasteiger partial charge in [0.1, 0.15) is 11.6 Å². The van der Waals surface area contributed by atoms with Crippen molar-refractivity contribution in [1.29, 1.82) is 5.41 Å². The Hall–Kier alpha value is -3.84. The van der Waals surface area contributed by atoms with Crippen molar-refractivity contribution in [1.82, 2.24) is 5.32 Å². The number of hydrogen-bond donors (Lipinski definition) is 3. The lowest BCUT2D eigenvalue weighted by Crippen LogP contribution is -2.36. The fraction of sp³-hybridized carbons (Fsp3) is 0.231. The second-order valence-corrected chi connectivity index (χ2v) is 7.83. The molecule has 33 heavy (non-hydrogen) atoms. The predicted molar refractivity (Wildman–Crippen MR) is 129 cm³/mol. The van der Waals surface area contributed by atoms with Crippen LogP contribution in [0.25, 0.3) is 0 Å². The first-order chi connectivity index (χ1) is 16.1. The van der Waals surface area contributed by atoms with Crippen molar-refractivity contribution in [2.75, 3.05) is 31.2 Å². The molecule has 1 fully saturated rings. The zero-order chi connectivity index (χ0) is 23.0. The van der Waals surface area contributed by atoms with Crippen LogP contribution in [0.15, 0.2) is 78.9 Å². The number of anilines is 1. The van der Waals surface area contributed by atoms with Gasteiger partial charge in [-0.3, -0.25) is 10.2 Å². The topological polar surface area (TPSA) is 101 Å². The van der Waals surface area contributed by atoms with Gasteiger partial charge in [-0.15, -0.1) is 0 Å². The molecule has 0 radical (unpaired) electrons. The number of benzene rings is 3. The van der Waals surface area contributed by atoms with Gasteiger partial charge < -0.3 is 25.4 Å². The lowest BCUT2D eigenvalue weighted by molar-refractivity contribution is -0.128. The monoisotopic (exact) mass is 444 g/mol. The summed E-state index contributed by atoms with van der Waals surface area (Å²) >= 11 is 0. The highest BCUT2D eigenvalue weighted by molar-refractivity contribution is 5.95. The Morgan fingerprint density at radius 1 is 1.03 bits per heavy atom. The standard InChI is InChI=1S/C26H28N4O3/c27-25(28)21-7-4-8-23(17-21)33-24(20-5-2-1-3-6-20)26(31)29-18-19-9-11-22(12-10-19)30-13-15-32-16-14-30/h1-12,17,24H,13-16,18H2,(H3,27,28)(H,29,31). The number of amidine groups is 1. The van der Waals surface area contributed by atoms with E-state index in [1.54, 1.807) is 24.3 Å². The maximum atomic E-state index is 13.1. The van der Waals surface area contributed by atoms with Crippen LogP contribution in [0.5, 0.6) is 5.75 Å². The highest BCUT2D eigenvalue weighted by Gasteiger charge is 2.23. The van der Waals surface area contributed by atoms with Crippen molar-refractivity contribution < 1.29 is 14.3 Å². The van der Waals surface area contributed by atoms with Crippen LogP contribution in [0.2, 0.25) is 0 Å². The number of nitrogens with zero attached hydrogens (tertiary/aromatic N) is 1. The van der Waals surface area contributed by atoms with Crippen molar-refractivity contribution >= 4 is 17.4 Å². The first kappa shape index (κ1) is 22.4. The number of amides is 1. The zero-order valence-electron chi connectivity index (χ0n) is 18.4. The number of nitrogens with one attached hydrogen (secondary N) is 2. The molecule has 1 heterocycles. The maximum Gasteiger partial charge on any atom is 0.266 e. The average molecular weight is 445 g/mol. The maximum absolute atomic E-state index is 13.1. The molecule has 1 saturated heterocycles. The number of nitrogen functional groups attached to an aromatic ring is 1. The first-order valence-corrected chi connectivity index (χ1v) is 11.0. The quantitative estimate of drug-likeness (QED) is 0.366.